The van der Waals surface area contributed by atoms with E-state index in [4.69, 9.17) is 4.74 Å². The van der Waals surface area contributed by atoms with E-state index in [0.29, 0.717) is 50.4 Å². The van der Waals surface area contributed by atoms with Crippen LogP contribution in [0.5, 0.6) is 5.75 Å². The van der Waals surface area contributed by atoms with Gasteiger partial charge in [-0.15, -0.1) is 12.4 Å². The average molecular weight is 562 g/mol. The molecule has 0 aromatic heterocycles. The Kier molecular flexibility index (Phi) is 9.72. The Morgan fingerprint density at radius 3 is 2.57 bits per heavy atom. The zero-order valence-electron chi connectivity index (χ0n) is 19.8. The molecule has 0 bridgehead atoms. The highest BCUT2D eigenvalue weighted by Crippen LogP contribution is 2.42. The molecule has 0 radical (unpaired) electrons. The predicted molar refractivity (Wildman–Crippen MR) is 145 cm³/mol. The molecule has 2 unspecified atom stereocenters. The van der Waals surface area contributed by atoms with Gasteiger partial charge in [0.2, 0.25) is 5.91 Å². The van der Waals surface area contributed by atoms with Gasteiger partial charge in [-0.1, -0.05) is 65.3 Å². The fraction of sp³-hybridized carbons (Fsp3) is 0.321. The Morgan fingerprint density at radius 2 is 1.86 bits per heavy atom. The number of carbonyl (C=O) groups excluding carboxylic acids is 1. The van der Waals surface area contributed by atoms with Crippen molar-refractivity contribution in [2.24, 2.45) is 5.92 Å². The summed E-state index contributed by atoms with van der Waals surface area (Å²) in [4.78, 5) is 14.5. The number of benzene rings is 3. The third-order valence-corrected chi connectivity index (χ3v) is 6.98. The first-order valence-corrected chi connectivity index (χ1v) is 12.5. The highest BCUT2D eigenvalue weighted by Gasteiger charge is 2.42. The molecule has 4 rings (SSSR count). The second-order valence-electron chi connectivity index (χ2n) is 8.92. The van der Waals surface area contributed by atoms with Crippen molar-refractivity contribution in [1.82, 2.24) is 4.90 Å². The molecule has 1 aliphatic rings. The molecule has 1 N–H and O–H groups in total. The molecule has 4 nitrogen and oxygen atoms in total. The van der Waals surface area contributed by atoms with Gasteiger partial charge in [-0.05, 0) is 53.9 Å². The lowest BCUT2D eigenvalue weighted by atomic mass is 9.78. The topological polar surface area (TPSA) is 41.6 Å². The van der Waals surface area contributed by atoms with Crippen LogP contribution >= 0.6 is 28.3 Å². The zero-order chi connectivity index (χ0) is 24.0. The van der Waals surface area contributed by atoms with Crippen LogP contribution in [0.3, 0.4) is 0 Å². The van der Waals surface area contributed by atoms with E-state index >= 15 is 4.39 Å². The van der Waals surface area contributed by atoms with Gasteiger partial charge in [-0.25, -0.2) is 4.39 Å². The molecule has 0 saturated carbocycles. The zero-order valence-corrected chi connectivity index (χ0v) is 22.2. The molecule has 2 atom stereocenters. The summed E-state index contributed by atoms with van der Waals surface area (Å²) in [5.74, 6) is 0.452. The Hall–Kier alpha value is -2.41. The maximum absolute atomic E-state index is 16.2. The number of likely N-dealkylation sites (tertiary alicyclic amines) is 1. The summed E-state index contributed by atoms with van der Waals surface area (Å²) in [6, 6.07) is 24.9. The Balaban J connectivity index is 0.00000342. The van der Waals surface area contributed by atoms with Crippen LogP contribution < -0.4 is 10.1 Å². The predicted octanol–water partition coefficient (Wildman–Crippen LogP) is 6.99. The highest BCUT2D eigenvalue weighted by atomic mass is 79.9. The van der Waals surface area contributed by atoms with Gasteiger partial charge in [0.1, 0.15) is 18.0 Å². The molecule has 1 fully saturated rings. The van der Waals surface area contributed by atoms with Crippen molar-refractivity contribution in [3.8, 4) is 5.75 Å². The number of nitrogens with one attached hydrogen (secondary N) is 1. The SMILES string of the molecule is CC1CN(CCC(=O)Nc2ccc(Br)cc2)CCC1(F)c1cccc(OCc2ccccc2)c1.Cl. The van der Waals surface area contributed by atoms with Crippen molar-refractivity contribution in [1.29, 1.82) is 0 Å². The van der Waals surface area contributed by atoms with Crippen LogP contribution in [0.1, 0.15) is 30.9 Å². The van der Waals surface area contributed by atoms with Crippen LogP contribution in [0.2, 0.25) is 0 Å². The lowest BCUT2D eigenvalue weighted by Crippen LogP contribution is -2.47. The van der Waals surface area contributed by atoms with E-state index in [2.05, 4.69) is 26.1 Å². The monoisotopic (exact) mass is 560 g/mol. The van der Waals surface area contributed by atoms with Gasteiger partial charge in [-0.2, -0.15) is 0 Å². The van der Waals surface area contributed by atoms with Crippen LogP contribution in [-0.4, -0.2) is 30.4 Å². The number of piperidine rings is 1. The first-order valence-electron chi connectivity index (χ1n) is 11.7. The molecule has 7 heteroatoms. The molecule has 186 valence electrons. The van der Waals surface area contributed by atoms with Gasteiger partial charge in [0.05, 0.1) is 0 Å². The lowest BCUT2D eigenvalue weighted by molar-refractivity contribution is -0.116. The van der Waals surface area contributed by atoms with Crippen LogP contribution in [0.15, 0.2) is 83.3 Å². The Labute approximate surface area is 221 Å². The van der Waals surface area contributed by atoms with Crippen LogP contribution in [0.25, 0.3) is 0 Å². The van der Waals surface area contributed by atoms with Crippen molar-refractivity contribution in [2.45, 2.75) is 32.0 Å². The summed E-state index contributed by atoms with van der Waals surface area (Å²) in [5, 5.41) is 2.92. The van der Waals surface area contributed by atoms with Crippen LogP contribution in [-0.2, 0) is 17.1 Å². The Bertz CT molecular complexity index is 1100. The molecule has 3 aromatic carbocycles. The number of hydrogen-bond acceptors (Lipinski definition) is 3. The molecule has 0 aliphatic carbocycles. The molecule has 1 amide bonds. The van der Waals surface area contributed by atoms with Crippen molar-refractivity contribution in [2.75, 3.05) is 25.0 Å². The molecular formula is C28H31BrClFN2O2. The molecule has 0 spiro atoms. The number of rotatable bonds is 8. The molecule has 3 aromatic rings. The smallest absolute Gasteiger partial charge is 0.225 e. The average Bonchev–Trinajstić information content (AvgIpc) is 2.86. The molecule has 1 saturated heterocycles. The fourth-order valence-corrected chi connectivity index (χ4v) is 4.69. The number of halogens is 3. The number of alkyl halides is 1. The van der Waals surface area contributed by atoms with Crippen molar-refractivity contribution < 1.29 is 13.9 Å². The number of anilines is 1. The molecule has 1 aliphatic heterocycles. The number of carbonyl (C=O) groups is 1. The van der Waals surface area contributed by atoms with Gasteiger partial charge in [0.25, 0.3) is 0 Å². The lowest BCUT2D eigenvalue weighted by Gasteiger charge is -2.41. The first-order chi connectivity index (χ1) is 16.4. The summed E-state index contributed by atoms with van der Waals surface area (Å²) in [6.07, 6.45) is 0.773. The van der Waals surface area contributed by atoms with E-state index in [1.54, 1.807) is 0 Å². The van der Waals surface area contributed by atoms with Crippen molar-refractivity contribution in [3.63, 3.8) is 0 Å². The third kappa shape index (κ3) is 7.29. The van der Waals surface area contributed by atoms with Crippen molar-refractivity contribution >= 4 is 39.9 Å². The summed E-state index contributed by atoms with van der Waals surface area (Å²) >= 11 is 3.39. The number of nitrogens with zero attached hydrogens (tertiary/aromatic N) is 1. The summed E-state index contributed by atoms with van der Waals surface area (Å²) in [7, 11) is 0. The summed E-state index contributed by atoms with van der Waals surface area (Å²) < 4.78 is 23.1. The fourth-order valence-electron chi connectivity index (χ4n) is 4.42. The van der Waals surface area contributed by atoms with E-state index in [0.717, 1.165) is 15.7 Å². The molecular weight excluding hydrogens is 531 g/mol. The quantitative estimate of drug-likeness (QED) is 0.322. The van der Waals surface area contributed by atoms with E-state index in [1.165, 1.54) is 0 Å². The minimum atomic E-state index is -1.41. The van der Waals surface area contributed by atoms with Gasteiger partial charge < -0.3 is 15.0 Å². The maximum atomic E-state index is 16.2. The first kappa shape index (κ1) is 27.2. The second-order valence-corrected chi connectivity index (χ2v) is 9.84. The Morgan fingerprint density at radius 1 is 1.11 bits per heavy atom. The summed E-state index contributed by atoms with van der Waals surface area (Å²) in [5.41, 5.74) is 1.10. The largest absolute Gasteiger partial charge is 0.489 e. The summed E-state index contributed by atoms with van der Waals surface area (Å²) in [6.45, 7) is 4.24. The molecule has 1 heterocycles. The van der Waals surface area contributed by atoms with Crippen LogP contribution in [0.4, 0.5) is 10.1 Å². The van der Waals surface area contributed by atoms with E-state index < -0.39 is 5.67 Å². The minimum Gasteiger partial charge on any atom is -0.489 e. The highest BCUT2D eigenvalue weighted by molar-refractivity contribution is 9.10. The normalized spacial score (nSPS) is 20.0. The van der Waals surface area contributed by atoms with Crippen molar-refractivity contribution in [3.05, 3.63) is 94.5 Å². The van der Waals surface area contributed by atoms with E-state index in [1.807, 2.05) is 85.8 Å². The van der Waals surface area contributed by atoms with Crippen LogP contribution in [0, 0.1) is 5.92 Å². The van der Waals surface area contributed by atoms with E-state index in [9.17, 15) is 4.79 Å². The number of hydrogen-bond donors (Lipinski definition) is 1. The third-order valence-electron chi connectivity index (χ3n) is 6.45. The molecule has 35 heavy (non-hydrogen) atoms. The standard InChI is InChI=1S/C28H30BrFN2O2.ClH/c1-21-19-32(16-14-27(33)31-25-12-10-24(29)11-13-25)17-15-28(21,30)23-8-5-9-26(18-23)34-20-22-6-3-2-4-7-22;/h2-13,18,21H,14-17,19-20H2,1H3,(H,31,33);1H. The number of amides is 1. The van der Waals surface area contributed by atoms with Gasteiger partial charge in [0, 0.05) is 42.1 Å². The van der Waals surface area contributed by atoms with E-state index in [-0.39, 0.29) is 24.2 Å². The van der Waals surface area contributed by atoms with Gasteiger partial charge >= 0.3 is 0 Å². The minimum absolute atomic E-state index is 0. The number of ether oxygens (including phenoxy) is 1. The second kappa shape index (κ2) is 12.5. The van der Waals surface area contributed by atoms with Gasteiger partial charge in [-0.3, -0.25) is 4.79 Å². The maximum Gasteiger partial charge on any atom is 0.225 e. The van der Waals surface area contributed by atoms with Gasteiger partial charge in [0.15, 0.2) is 0 Å².